The van der Waals surface area contributed by atoms with Crippen molar-refractivity contribution >= 4 is 12.1 Å². The summed E-state index contributed by atoms with van der Waals surface area (Å²) in [5.74, 6) is -0.506. The van der Waals surface area contributed by atoms with Crippen molar-refractivity contribution in [2.24, 2.45) is 0 Å². The molecule has 0 fully saturated rings. The first-order valence-corrected chi connectivity index (χ1v) is 3.61. The summed E-state index contributed by atoms with van der Waals surface area (Å²) in [7, 11) is 1.20. The van der Waals surface area contributed by atoms with E-state index in [2.05, 4.69) is 20.8 Å². The number of methoxy groups -OCH3 is 1. The van der Waals surface area contributed by atoms with E-state index in [4.69, 9.17) is 0 Å². The highest BCUT2D eigenvalue weighted by Gasteiger charge is 2.04. The number of carbonyl (C=O) groups excluding carboxylic acids is 2. The van der Waals surface area contributed by atoms with Gasteiger partial charge in [-0.3, -0.25) is 0 Å². The van der Waals surface area contributed by atoms with Crippen LogP contribution < -0.4 is 0 Å². The van der Waals surface area contributed by atoms with Crippen molar-refractivity contribution in [1.82, 2.24) is 0 Å². The lowest BCUT2D eigenvalue weighted by atomic mass is 10.4. The van der Waals surface area contributed by atoms with E-state index in [0.717, 1.165) is 0 Å². The minimum absolute atomic E-state index is 0.000787. The maximum atomic E-state index is 10.8. The molecule has 0 unspecified atom stereocenters. The molecule has 0 aromatic rings. The first-order valence-electron chi connectivity index (χ1n) is 3.61. The molecule has 0 amide bonds. The Morgan fingerprint density at radius 1 is 1.23 bits per heavy atom. The Labute approximate surface area is 76.3 Å². The second-order valence-corrected chi connectivity index (χ2v) is 2.22. The van der Waals surface area contributed by atoms with Crippen LogP contribution >= 0.6 is 0 Å². The van der Waals surface area contributed by atoms with Gasteiger partial charge in [-0.2, -0.15) is 0 Å². The van der Waals surface area contributed by atoms with Crippen LogP contribution in [0.1, 0.15) is 6.92 Å². The highest BCUT2D eigenvalue weighted by molar-refractivity contribution is 5.86. The third kappa shape index (κ3) is 5.72. The molecule has 0 N–H and O–H groups in total. The number of ether oxygens (including phenoxy) is 3. The van der Waals surface area contributed by atoms with E-state index in [0.29, 0.717) is 5.57 Å². The molecule has 5 heteroatoms. The van der Waals surface area contributed by atoms with Crippen molar-refractivity contribution in [3.05, 3.63) is 12.2 Å². The van der Waals surface area contributed by atoms with Gasteiger partial charge in [-0.15, -0.1) is 0 Å². The van der Waals surface area contributed by atoms with E-state index in [1.807, 2.05) is 0 Å². The van der Waals surface area contributed by atoms with Gasteiger partial charge in [-0.25, -0.2) is 9.59 Å². The fourth-order valence-electron chi connectivity index (χ4n) is 0.441. The Kier molecular flexibility index (Phi) is 5.34. The van der Waals surface area contributed by atoms with Gasteiger partial charge < -0.3 is 14.2 Å². The maximum Gasteiger partial charge on any atom is 0.508 e. The van der Waals surface area contributed by atoms with E-state index in [1.165, 1.54) is 14.0 Å². The summed E-state index contributed by atoms with van der Waals surface area (Å²) in [6.45, 7) is 4.89. The van der Waals surface area contributed by atoms with Crippen molar-refractivity contribution in [1.29, 1.82) is 0 Å². The summed E-state index contributed by atoms with van der Waals surface area (Å²) in [6, 6.07) is 0. The van der Waals surface area contributed by atoms with Crippen LogP contribution in [0, 0.1) is 0 Å². The molecule has 0 bridgehead atoms. The predicted octanol–water partition coefficient (Wildman–Crippen LogP) is 0.889. The van der Waals surface area contributed by atoms with Crippen LogP contribution in [-0.4, -0.2) is 32.4 Å². The molecule has 0 atom stereocenters. The molecule has 5 nitrogen and oxygen atoms in total. The molecule has 0 aliphatic rings. The van der Waals surface area contributed by atoms with E-state index in [9.17, 15) is 9.59 Å². The fraction of sp³-hybridized carbons (Fsp3) is 0.500. The zero-order valence-corrected chi connectivity index (χ0v) is 7.66. The lowest BCUT2D eigenvalue weighted by Crippen LogP contribution is -2.13. The monoisotopic (exact) mass is 188 g/mol. The van der Waals surface area contributed by atoms with E-state index in [1.54, 1.807) is 0 Å². The molecule has 74 valence electrons. The van der Waals surface area contributed by atoms with Crippen molar-refractivity contribution in [2.45, 2.75) is 6.92 Å². The van der Waals surface area contributed by atoms with Gasteiger partial charge >= 0.3 is 12.1 Å². The van der Waals surface area contributed by atoms with Crippen LogP contribution in [0.2, 0.25) is 0 Å². The number of hydrogen-bond acceptors (Lipinski definition) is 5. The Morgan fingerprint density at radius 2 is 1.77 bits per heavy atom. The molecule has 0 radical (unpaired) electrons. The summed E-state index contributed by atoms with van der Waals surface area (Å²) in [5.41, 5.74) is 0.304. The molecule has 0 aliphatic heterocycles. The van der Waals surface area contributed by atoms with Crippen LogP contribution in [0.4, 0.5) is 4.79 Å². The van der Waals surface area contributed by atoms with Crippen LogP contribution in [0.3, 0.4) is 0 Å². The van der Waals surface area contributed by atoms with Crippen molar-refractivity contribution in [3.63, 3.8) is 0 Å². The molecule has 0 aliphatic carbocycles. The lowest BCUT2D eigenvalue weighted by molar-refractivity contribution is -0.140. The van der Waals surface area contributed by atoms with Crippen LogP contribution in [0.5, 0.6) is 0 Å². The summed E-state index contributed by atoms with van der Waals surface area (Å²) in [4.78, 5) is 21.2. The topological polar surface area (TPSA) is 61.8 Å². The highest BCUT2D eigenvalue weighted by Crippen LogP contribution is 1.91. The third-order valence-electron chi connectivity index (χ3n) is 1.05. The third-order valence-corrected chi connectivity index (χ3v) is 1.05. The van der Waals surface area contributed by atoms with Crippen LogP contribution in [-0.2, 0) is 19.0 Å². The summed E-state index contributed by atoms with van der Waals surface area (Å²) in [5, 5.41) is 0. The van der Waals surface area contributed by atoms with Gasteiger partial charge in [0.15, 0.2) is 0 Å². The molecule has 0 saturated carbocycles. The van der Waals surface area contributed by atoms with Gasteiger partial charge in [0.05, 0.1) is 7.11 Å². The molecular formula is C8H12O5. The Morgan fingerprint density at radius 3 is 2.23 bits per heavy atom. The average molecular weight is 188 g/mol. The van der Waals surface area contributed by atoms with E-state index >= 15 is 0 Å². The standard InChI is InChI=1S/C8H12O5/c1-6(2)7(9)12-4-5-13-8(10)11-3/h1,4-5H2,2-3H3. The van der Waals surface area contributed by atoms with Crippen LogP contribution in [0.15, 0.2) is 12.2 Å². The fourth-order valence-corrected chi connectivity index (χ4v) is 0.441. The smallest absolute Gasteiger partial charge is 0.459 e. The number of esters is 1. The maximum absolute atomic E-state index is 10.8. The molecular weight excluding hydrogens is 176 g/mol. The van der Waals surface area contributed by atoms with Gasteiger partial charge in [0, 0.05) is 5.57 Å². The number of rotatable bonds is 4. The molecule has 0 saturated heterocycles. The van der Waals surface area contributed by atoms with Crippen molar-refractivity contribution < 1.29 is 23.8 Å². The van der Waals surface area contributed by atoms with Gasteiger partial charge in [0.25, 0.3) is 0 Å². The Hall–Kier alpha value is -1.52. The van der Waals surface area contributed by atoms with Gasteiger partial charge in [0.1, 0.15) is 13.2 Å². The van der Waals surface area contributed by atoms with E-state index < -0.39 is 12.1 Å². The second-order valence-electron chi connectivity index (χ2n) is 2.22. The van der Waals surface area contributed by atoms with Gasteiger partial charge in [0.2, 0.25) is 0 Å². The highest BCUT2D eigenvalue weighted by atomic mass is 16.7. The minimum atomic E-state index is -0.800. The van der Waals surface area contributed by atoms with Gasteiger partial charge in [-0.1, -0.05) is 6.58 Å². The van der Waals surface area contributed by atoms with Crippen molar-refractivity contribution in [2.75, 3.05) is 20.3 Å². The minimum Gasteiger partial charge on any atom is -0.459 e. The number of hydrogen-bond donors (Lipinski definition) is 0. The van der Waals surface area contributed by atoms with E-state index in [-0.39, 0.29) is 13.2 Å². The Bertz CT molecular complexity index is 209. The summed E-state index contributed by atoms with van der Waals surface area (Å²) < 4.78 is 13.3. The first kappa shape index (κ1) is 11.5. The van der Waals surface area contributed by atoms with Crippen molar-refractivity contribution in [3.8, 4) is 0 Å². The molecule has 0 spiro atoms. The molecule has 0 aromatic carbocycles. The lowest BCUT2D eigenvalue weighted by Gasteiger charge is -2.04. The zero-order chi connectivity index (χ0) is 10.3. The van der Waals surface area contributed by atoms with Crippen LogP contribution in [0.25, 0.3) is 0 Å². The summed E-state index contributed by atoms with van der Waals surface area (Å²) >= 11 is 0. The van der Waals surface area contributed by atoms with Gasteiger partial charge in [-0.05, 0) is 6.92 Å². The molecule has 0 rings (SSSR count). The molecule has 13 heavy (non-hydrogen) atoms. The summed E-state index contributed by atoms with van der Waals surface area (Å²) in [6.07, 6.45) is -0.800. The SMILES string of the molecule is C=C(C)C(=O)OCCOC(=O)OC. The second kappa shape index (κ2) is 6.05. The quantitative estimate of drug-likeness (QED) is 0.372. The largest absolute Gasteiger partial charge is 0.508 e. The molecule has 0 heterocycles. The molecule has 0 aromatic heterocycles. The Balaban J connectivity index is 3.41. The average Bonchev–Trinajstić information content (AvgIpc) is 2.11. The first-order chi connectivity index (χ1) is 6.07. The normalized spacial score (nSPS) is 8.77. The zero-order valence-electron chi connectivity index (χ0n) is 7.66. The predicted molar refractivity (Wildman–Crippen MR) is 44.1 cm³/mol. The number of carbonyl (C=O) groups is 2.